The average Bonchev–Trinajstić information content (AvgIpc) is 2.89. The van der Waals surface area contributed by atoms with Crippen LogP contribution in [-0.4, -0.2) is 31.3 Å². The second-order valence-electron chi connectivity index (χ2n) is 8.69. The van der Waals surface area contributed by atoms with E-state index in [1.807, 2.05) is 48.2 Å². The Bertz CT molecular complexity index is 1560. The Morgan fingerprint density at radius 3 is 2.54 bits per heavy atom. The van der Waals surface area contributed by atoms with E-state index in [0.29, 0.717) is 11.3 Å². The standard InChI is InChI=1S/C29H25FN2O4S/c1-3-36-29(33)18-27-26-16-13-21-7-4-5-10-25(21)32(26)28(22-8-6-9-23(30)17-22)19-31(27)37(34,35)24-14-11-20(2)12-15-24/h4-19,26H,3H2,1-2H3/b27-18+. The summed E-state index contributed by atoms with van der Waals surface area (Å²) in [6, 6.07) is 19.4. The molecule has 2 heterocycles. The van der Waals surface area contributed by atoms with Crippen LogP contribution in [0, 0.1) is 12.7 Å². The van der Waals surface area contributed by atoms with Crippen molar-refractivity contribution in [3.8, 4) is 0 Å². The first-order valence-corrected chi connectivity index (χ1v) is 13.3. The molecular weight excluding hydrogens is 491 g/mol. The monoisotopic (exact) mass is 516 g/mol. The number of carbonyl (C=O) groups excluding carboxylic acids is 1. The SMILES string of the molecule is CCOC(=O)/C=C1\C2C=Cc3ccccc3N2C(c2cccc(F)c2)=CN1S(=O)(=O)c1ccc(C)cc1. The van der Waals surface area contributed by atoms with Crippen LogP contribution >= 0.6 is 0 Å². The molecule has 0 saturated carbocycles. The van der Waals surface area contributed by atoms with Crippen molar-refractivity contribution in [2.75, 3.05) is 11.5 Å². The number of halogens is 1. The summed E-state index contributed by atoms with van der Waals surface area (Å²) in [6.07, 6.45) is 6.38. The van der Waals surface area contributed by atoms with Crippen LogP contribution in [0.15, 0.2) is 102 Å². The zero-order valence-electron chi connectivity index (χ0n) is 20.3. The highest BCUT2D eigenvalue weighted by Crippen LogP contribution is 2.43. The molecular formula is C29H25FN2O4S. The van der Waals surface area contributed by atoms with Crippen LogP contribution in [0.1, 0.15) is 23.6 Å². The number of anilines is 1. The zero-order chi connectivity index (χ0) is 26.2. The van der Waals surface area contributed by atoms with Crippen LogP contribution < -0.4 is 4.90 Å². The maximum atomic E-state index is 14.3. The lowest BCUT2D eigenvalue weighted by Gasteiger charge is -2.45. The molecule has 1 atom stereocenters. The second-order valence-corrected chi connectivity index (χ2v) is 10.5. The number of nitrogens with zero attached hydrogens (tertiary/aromatic N) is 2. The van der Waals surface area contributed by atoms with Crippen molar-refractivity contribution in [3.63, 3.8) is 0 Å². The van der Waals surface area contributed by atoms with Crippen LogP contribution in [0.25, 0.3) is 11.8 Å². The van der Waals surface area contributed by atoms with Gasteiger partial charge in [0.05, 0.1) is 28.9 Å². The molecule has 188 valence electrons. The molecule has 2 aliphatic rings. The number of aryl methyl sites for hydroxylation is 1. The number of ether oxygens (including phenoxy) is 1. The number of rotatable bonds is 5. The lowest BCUT2D eigenvalue weighted by atomic mass is 9.96. The number of esters is 1. The van der Waals surface area contributed by atoms with Gasteiger partial charge in [-0.15, -0.1) is 0 Å². The Balaban J connectivity index is 1.79. The molecule has 0 N–H and O–H groups in total. The summed E-state index contributed by atoms with van der Waals surface area (Å²) in [6.45, 7) is 3.70. The summed E-state index contributed by atoms with van der Waals surface area (Å²) >= 11 is 0. The molecule has 8 heteroatoms. The fraction of sp³-hybridized carbons (Fsp3) is 0.138. The largest absolute Gasteiger partial charge is 0.463 e. The number of hydrogen-bond donors (Lipinski definition) is 0. The molecule has 0 amide bonds. The Morgan fingerprint density at radius 1 is 1.05 bits per heavy atom. The minimum absolute atomic E-state index is 0.0661. The van der Waals surface area contributed by atoms with E-state index < -0.39 is 27.9 Å². The Hall–Kier alpha value is -4.17. The smallest absolute Gasteiger partial charge is 0.332 e. The maximum Gasteiger partial charge on any atom is 0.332 e. The fourth-order valence-electron chi connectivity index (χ4n) is 4.51. The van der Waals surface area contributed by atoms with Gasteiger partial charge in [0, 0.05) is 23.5 Å². The van der Waals surface area contributed by atoms with Gasteiger partial charge >= 0.3 is 5.97 Å². The number of benzene rings is 3. The van der Waals surface area contributed by atoms with E-state index in [1.54, 1.807) is 31.2 Å². The Labute approximate surface area is 215 Å². The van der Waals surface area contributed by atoms with Crippen molar-refractivity contribution in [1.29, 1.82) is 0 Å². The van der Waals surface area contributed by atoms with Gasteiger partial charge in [-0.2, -0.15) is 0 Å². The molecule has 0 spiro atoms. The molecule has 1 unspecified atom stereocenters. The molecule has 0 bridgehead atoms. The van der Waals surface area contributed by atoms with Gasteiger partial charge in [0.2, 0.25) is 0 Å². The molecule has 0 fully saturated rings. The second kappa shape index (κ2) is 9.71. The predicted molar refractivity (Wildman–Crippen MR) is 141 cm³/mol. The highest BCUT2D eigenvalue weighted by molar-refractivity contribution is 7.89. The van der Waals surface area contributed by atoms with Gasteiger partial charge in [-0.1, -0.05) is 60.2 Å². The highest BCUT2D eigenvalue weighted by Gasteiger charge is 2.40. The number of sulfonamides is 1. The summed E-state index contributed by atoms with van der Waals surface area (Å²) in [4.78, 5) is 14.6. The van der Waals surface area contributed by atoms with Gasteiger partial charge in [-0.3, -0.25) is 0 Å². The van der Waals surface area contributed by atoms with E-state index in [2.05, 4.69) is 0 Å². The van der Waals surface area contributed by atoms with Crippen molar-refractivity contribution in [2.24, 2.45) is 0 Å². The summed E-state index contributed by atoms with van der Waals surface area (Å²) < 4.78 is 48.6. The minimum atomic E-state index is -4.14. The molecule has 3 aromatic rings. The highest BCUT2D eigenvalue weighted by atomic mass is 32.2. The van der Waals surface area contributed by atoms with E-state index in [-0.39, 0.29) is 17.2 Å². The van der Waals surface area contributed by atoms with Gasteiger partial charge in [-0.05, 0) is 49.7 Å². The fourth-order valence-corrected chi connectivity index (χ4v) is 5.90. The van der Waals surface area contributed by atoms with Gasteiger partial charge in [-0.25, -0.2) is 21.9 Å². The van der Waals surface area contributed by atoms with E-state index in [9.17, 15) is 17.6 Å². The molecule has 2 aliphatic heterocycles. The van der Waals surface area contributed by atoms with Gasteiger partial charge in [0.15, 0.2) is 0 Å². The third kappa shape index (κ3) is 4.56. The maximum absolute atomic E-state index is 14.3. The predicted octanol–water partition coefficient (Wildman–Crippen LogP) is 5.49. The zero-order valence-corrected chi connectivity index (χ0v) is 21.2. The summed E-state index contributed by atoms with van der Waals surface area (Å²) in [5, 5.41) is 0. The molecule has 0 saturated heterocycles. The molecule has 0 aromatic heterocycles. The molecule has 3 aromatic carbocycles. The van der Waals surface area contributed by atoms with Crippen LogP contribution in [0.2, 0.25) is 0 Å². The molecule has 0 aliphatic carbocycles. The lowest BCUT2D eigenvalue weighted by molar-refractivity contribution is -0.137. The molecule has 0 radical (unpaired) electrons. The van der Waals surface area contributed by atoms with Gasteiger partial charge in [0.25, 0.3) is 10.0 Å². The van der Waals surface area contributed by atoms with E-state index in [1.165, 1.54) is 36.5 Å². The number of fused-ring (bicyclic) bond motifs is 3. The minimum Gasteiger partial charge on any atom is -0.463 e. The normalized spacial score (nSPS) is 17.8. The number of hydrogen-bond acceptors (Lipinski definition) is 5. The van der Waals surface area contributed by atoms with E-state index >= 15 is 0 Å². The first kappa shape index (κ1) is 24.5. The van der Waals surface area contributed by atoms with Crippen molar-refractivity contribution >= 4 is 33.5 Å². The summed E-state index contributed by atoms with van der Waals surface area (Å²) in [5.41, 5.74) is 3.78. The van der Waals surface area contributed by atoms with E-state index in [4.69, 9.17) is 4.74 Å². The van der Waals surface area contributed by atoms with E-state index in [0.717, 1.165) is 21.1 Å². The summed E-state index contributed by atoms with van der Waals surface area (Å²) in [7, 11) is -4.14. The van der Waals surface area contributed by atoms with Crippen LogP contribution in [-0.2, 0) is 19.6 Å². The summed E-state index contributed by atoms with van der Waals surface area (Å²) in [5.74, 6) is -1.10. The number of carbonyl (C=O) groups is 1. The Kier molecular flexibility index (Phi) is 6.43. The Morgan fingerprint density at radius 2 is 1.81 bits per heavy atom. The third-order valence-corrected chi connectivity index (χ3v) is 7.94. The first-order valence-electron chi connectivity index (χ1n) is 11.8. The first-order chi connectivity index (χ1) is 17.8. The third-order valence-electron chi connectivity index (χ3n) is 6.24. The number of para-hydroxylation sites is 1. The van der Waals surface area contributed by atoms with Crippen LogP contribution in [0.4, 0.5) is 10.1 Å². The van der Waals surface area contributed by atoms with Crippen molar-refractivity contribution < 1.29 is 22.3 Å². The van der Waals surface area contributed by atoms with Gasteiger partial charge in [0.1, 0.15) is 5.82 Å². The lowest BCUT2D eigenvalue weighted by Crippen LogP contribution is -2.47. The molecule has 5 rings (SSSR count). The molecule has 6 nitrogen and oxygen atoms in total. The van der Waals surface area contributed by atoms with Crippen molar-refractivity contribution in [2.45, 2.75) is 24.8 Å². The quantitative estimate of drug-likeness (QED) is 0.332. The average molecular weight is 517 g/mol. The van der Waals surface area contributed by atoms with Crippen LogP contribution in [0.5, 0.6) is 0 Å². The van der Waals surface area contributed by atoms with Crippen LogP contribution in [0.3, 0.4) is 0 Å². The van der Waals surface area contributed by atoms with Crippen molar-refractivity contribution in [3.05, 3.63) is 119 Å². The van der Waals surface area contributed by atoms with Gasteiger partial charge < -0.3 is 9.64 Å². The van der Waals surface area contributed by atoms with Crippen molar-refractivity contribution in [1.82, 2.24) is 4.31 Å². The topological polar surface area (TPSA) is 66.9 Å². The molecule has 37 heavy (non-hydrogen) atoms.